The molecule has 2 aromatic carbocycles. The lowest BCUT2D eigenvalue weighted by Crippen LogP contribution is -2.27. The Morgan fingerprint density at radius 1 is 1.30 bits per heavy atom. The van der Waals surface area contributed by atoms with E-state index in [4.69, 9.17) is 0 Å². The number of halogens is 1. The van der Waals surface area contributed by atoms with Gasteiger partial charge in [-0.05, 0) is 24.6 Å². The van der Waals surface area contributed by atoms with Gasteiger partial charge in [-0.2, -0.15) is 5.26 Å². The molecule has 2 aromatic rings. The summed E-state index contributed by atoms with van der Waals surface area (Å²) in [6, 6.07) is 13.7. The van der Waals surface area contributed by atoms with Crippen LogP contribution in [0.15, 0.2) is 70.4 Å². The SMILES string of the molecule is CC1=C(C(=O)O)C(c2ccc(F)cc2)C(C#N)=C(SCc2ccccc2[N+](=O)[O-])N1. The number of nitro groups is 1. The molecule has 0 aromatic heterocycles. The van der Waals surface area contributed by atoms with Crippen molar-refractivity contribution in [2.45, 2.75) is 18.6 Å². The Kier molecular flexibility index (Phi) is 6.18. The van der Waals surface area contributed by atoms with E-state index in [1.165, 1.54) is 42.1 Å². The van der Waals surface area contributed by atoms with Crippen LogP contribution in [0.5, 0.6) is 0 Å². The molecule has 1 heterocycles. The van der Waals surface area contributed by atoms with E-state index < -0.39 is 22.6 Å². The first kappa shape index (κ1) is 21.1. The number of hydrogen-bond donors (Lipinski definition) is 2. The number of allylic oxidation sites excluding steroid dienone is 2. The van der Waals surface area contributed by atoms with Crippen molar-refractivity contribution < 1.29 is 19.2 Å². The number of aliphatic carboxylic acids is 1. The second-order valence-corrected chi connectivity index (χ2v) is 7.47. The summed E-state index contributed by atoms with van der Waals surface area (Å²) in [7, 11) is 0. The summed E-state index contributed by atoms with van der Waals surface area (Å²) < 4.78 is 13.4. The van der Waals surface area contributed by atoms with Crippen LogP contribution in [-0.4, -0.2) is 16.0 Å². The summed E-state index contributed by atoms with van der Waals surface area (Å²) in [6.07, 6.45) is 0. The average molecular weight is 425 g/mol. The number of benzene rings is 2. The van der Waals surface area contributed by atoms with Crippen LogP contribution in [-0.2, 0) is 10.5 Å². The van der Waals surface area contributed by atoms with Crippen LogP contribution in [0.1, 0.15) is 24.0 Å². The molecular formula is C21H16FN3O4S. The fourth-order valence-electron chi connectivity index (χ4n) is 3.26. The number of carboxylic acid groups (broad SMARTS) is 1. The molecule has 1 aliphatic rings. The number of carbonyl (C=O) groups is 1. The minimum absolute atomic E-state index is 0.00630. The number of carboxylic acids is 1. The highest BCUT2D eigenvalue weighted by Gasteiger charge is 2.34. The fourth-order valence-corrected chi connectivity index (χ4v) is 4.35. The average Bonchev–Trinajstić information content (AvgIpc) is 2.72. The lowest BCUT2D eigenvalue weighted by Gasteiger charge is -2.28. The molecule has 3 rings (SSSR count). The van der Waals surface area contributed by atoms with Gasteiger partial charge < -0.3 is 10.4 Å². The Morgan fingerprint density at radius 2 is 1.97 bits per heavy atom. The molecule has 0 saturated carbocycles. The first-order chi connectivity index (χ1) is 14.3. The van der Waals surface area contributed by atoms with Crippen LogP contribution in [0.3, 0.4) is 0 Å². The van der Waals surface area contributed by atoms with Crippen LogP contribution in [0.4, 0.5) is 10.1 Å². The van der Waals surface area contributed by atoms with Gasteiger partial charge in [0.05, 0.1) is 33.1 Å². The fraction of sp³-hybridized carbons (Fsp3) is 0.143. The lowest BCUT2D eigenvalue weighted by molar-refractivity contribution is -0.385. The summed E-state index contributed by atoms with van der Waals surface area (Å²) in [5.74, 6) is -2.34. The number of nitro benzene ring substituents is 1. The highest BCUT2D eigenvalue weighted by atomic mass is 32.2. The van der Waals surface area contributed by atoms with Gasteiger partial charge in [-0.15, -0.1) is 11.8 Å². The predicted molar refractivity (Wildman–Crippen MR) is 110 cm³/mol. The minimum Gasteiger partial charge on any atom is -0.478 e. The van der Waals surface area contributed by atoms with E-state index >= 15 is 0 Å². The number of thioether (sulfide) groups is 1. The topological polar surface area (TPSA) is 116 Å². The number of para-hydroxylation sites is 1. The van der Waals surface area contributed by atoms with Crippen molar-refractivity contribution in [2.75, 3.05) is 0 Å². The van der Waals surface area contributed by atoms with Gasteiger partial charge in [-0.1, -0.05) is 30.3 Å². The van der Waals surface area contributed by atoms with Crippen LogP contribution >= 0.6 is 11.8 Å². The lowest BCUT2D eigenvalue weighted by atomic mass is 9.82. The van der Waals surface area contributed by atoms with Crippen molar-refractivity contribution in [3.63, 3.8) is 0 Å². The minimum atomic E-state index is -1.19. The van der Waals surface area contributed by atoms with Crippen LogP contribution < -0.4 is 5.32 Å². The van der Waals surface area contributed by atoms with Crippen molar-refractivity contribution in [2.24, 2.45) is 0 Å². The highest BCUT2D eigenvalue weighted by Crippen LogP contribution is 2.41. The molecule has 152 valence electrons. The zero-order valence-corrected chi connectivity index (χ0v) is 16.6. The molecule has 0 amide bonds. The van der Waals surface area contributed by atoms with E-state index in [1.54, 1.807) is 25.1 Å². The van der Waals surface area contributed by atoms with E-state index in [-0.39, 0.29) is 22.6 Å². The Labute approximate surface area is 175 Å². The summed E-state index contributed by atoms with van der Waals surface area (Å²) in [6.45, 7) is 1.58. The standard InChI is InChI=1S/C21H16FN3O4S/c1-12-18(21(26)27)19(13-6-8-15(22)9-7-13)16(10-23)20(24-12)30-11-14-4-2-3-5-17(14)25(28)29/h2-9,19,24H,11H2,1H3,(H,26,27). The quantitative estimate of drug-likeness (QED) is 0.519. The smallest absolute Gasteiger partial charge is 0.334 e. The maximum absolute atomic E-state index is 13.4. The normalized spacial score (nSPS) is 16.1. The molecule has 1 aliphatic heterocycles. The van der Waals surface area contributed by atoms with Gasteiger partial charge in [0.2, 0.25) is 0 Å². The van der Waals surface area contributed by atoms with E-state index in [0.29, 0.717) is 21.9 Å². The molecule has 0 saturated heterocycles. The first-order valence-corrected chi connectivity index (χ1v) is 9.78. The van der Waals surface area contributed by atoms with E-state index in [2.05, 4.69) is 11.4 Å². The molecule has 0 spiro atoms. The molecule has 0 radical (unpaired) electrons. The van der Waals surface area contributed by atoms with Crippen molar-refractivity contribution in [1.82, 2.24) is 5.32 Å². The summed E-state index contributed by atoms with van der Waals surface area (Å²) in [5.41, 5.74) is 1.41. The Hall–Kier alpha value is -3.64. The van der Waals surface area contributed by atoms with E-state index in [1.807, 2.05) is 0 Å². The largest absolute Gasteiger partial charge is 0.478 e. The Balaban J connectivity index is 2.02. The molecule has 2 N–H and O–H groups in total. The predicted octanol–water partition coefficient (Wildman–Crippen LogP) is 4.45. The molecule has 7 nitrogen and oxygen atoms in total. The third-order valence-corrected chi connectivity index (χ3v) is 5.71. The molecule has 0 aliphatic carbocycles. The van der Waals surface area contributed by atoms with Crippen LogP contribution in [0.25, 0.3) is 0 Å². The molecule has 1 atom stereocenters. The van der Waals surface area contributed by atoms with Gasteiger partial charge in [0.25, 0.3) is 5.69 Å². The summed E-state index contributed by atoms with van der Waals surface area (Å²) in [5, 5.41) is 34.1. The van der Waals surface area contributed by atoms with Gasteiger partial charge in [0, 0.05) is 23.1 Å². The molecule has 30 heavy (non-hydrogen) atoms. The molecular weight excluding hydrogens is 409 g/mol. The zero-order valence-electron chi connectivity index (χ0n) is 15.8. The molecule has 9 heteroatoms. The third kappa shape index (κ3) is 4.18. The van der Waals surface area contributed by atoms with E-state index in [0.717, 1.165) is 0 Å². The number of rotatable bonds is 6. The molecule has 1 unspecified atom stereocenters. The van der Waals surface area contributed by atoms with Crippen LogP contribution in [0, 0.1) is 27.3 Å². The summed E-state index contributed by atoms with van der Waals surface area (Å²) in [4.78, 5) is 22.7. The molecule has 0 fully saturated rings. The van der Waals surface area contributed by atoms with Crippen molar-refractivity contribution in [1.29, 1.82) is 5.26 Å². The van der Waals surface area contributed by atoms with Gasteiger partial charge >= 0.3 is 5.97 Å². The third-order valence-electron chi connectivity index (χ3n) is 4.64. The second-order valence-electron chi connectivity index (χ2n) is 6.48. The summed E-state index contributed by atoms with van der Waals surface area (Å²) >= 11 is 1.17. The monoisotopic (exact) mass is 425 g/mol. The maximum atomic E-state index is 13.4. The number of nitrogens with one attached hydrogen (secondary N) is 1. The number of nitrogens with zero attached hydrogens (tertiary/aromatic N) is 2. The van der Waals surface area contributed by atoms with Crippen molar-refractivity contribution >= 4 is 23.4 Å². The van der Waals surface area contributed by atoms with E-state index in [9.17, 15) is 29.7 Å². The Morgan fingerprint density at radius 3 is 2.57 bits per heavy atom. The highest BCUT2D eigenvalue weighted by molar-refractivity contribution is 8.02. The second kappa shape index (κ2) is 8.80. The van der Waals surface area contributed by atoms with Crippen molar-refractivity contribution in [3.05, 3.63) is 97.5 Å². The van der Waals surface area contributed by atoms with Gasteiger partial charge in [-0.3, -0.25) is 10.1 Å². The van der Waals surface area contributed by atoms with Gasteiger partial charge in [-0.25, -0.2) is 9.18 Å². The molecule has 0 bridgehead atoms. The zero-order chi connectivity index (χ0) is 21.8. The van der Waals surface area contributed by atoms with Gasteiger partial charge in [0.1, 0.15) is 5.82 Å². The van der Waals surface area contributed by atoms with Crippen LogP contribution in [0.2, 0.25) is 0 Å². The van der Waals surface area contributed by atoms with Crippen molar-refractivity contribution in [3.8, 4) is 6.07 Å². The number of hydrogen-bond acceptors (Lipinski definition) is 6. The Bertz CT molecular complexity index is 1120. The maximum Gasteiger partial charge on any atom is 0.334 e. The first-order valence-electron chi connectivity index (χ1n) is 8.79. The van der Waals surface area contributed by atoms with Gasteiger partial charge in [0.15, 0.2) is 0 Å². The number of dihydropyridines is 1. The number of nitriles is 1.